The quantitative estimate of drug-likeness (QED) is 0.514. The maximum Gasteiger partial charge on any atom is 0.0844 e. The summed E-state index contributed by atoms with van der Waals surface area (Å²) in [5.41, 5.74) is 0. The van der Waals surface area contributed by atoms with E-state index in [1.807, 2.05) is 0 Å². The van der Waals surface area contributed by atoms with Gasteiger partial charge in [0.15, 0.2) is 0 Å². The van der Waals surface area contributed by atoms with E-state index in [-0.39, 0.29) is 46.2 Å². The molecule has 55 valence electrons. The van der Waals surface area contributed by atoms with Gasteiger partial charge in [0.2, 0.25) is 0 Å². The second-order valence-electron chi connectivity index (χ2n) is 1.35. The second kappa shape index (κ2) is 9.17. The third-order valence-corrected chi connectivity index (χ3v) is 0.813. The molecule has 1 atom stereocenters. The predicted octanol–water partition coefficient (Wildman–Crippen LogP) is 0.653. The minimum absolute atomic E-state index is 0. The van der Waals surface area contributed by atoms with Gasteiger partial charge in [0, 0.05) is 32.7 Å². The Balaban J connectivity index is -0.000000180. The SMILES string of the molecule is CC(C)OS(=O)[O-].[CH3-].[Y]. The van der Waals surface area contributed by atoms with E-state index in [1.54, 1.807) is 13.8 Å². The van der Waals surface area contributed by atoms with E-state index >= 15 is 0 Å². The maximum atomic E-state index is 9.59. The molecule has 9 heavy (non-hydrogen) atoms. The monoisotopic (exact) mass is 227 g/mol. The van der Waals surface area contributed by atoms with Gasteiger partial charge in [0.1, 0.15) is 0 Å². The van der Waals surface area contributed by atoms with Crippen molar-refractivity contribution in [3.63, 3.8) is 0 Å². The van der Waals surface area contributed by atoms with E-state index in [9.17, 15) is 8.76 Å². The van der Waals surface area contributed by atoms with E-state index in [0.29, 0.717) is 0 Å². The van der Waals surface area contributed by atoms with Gasteiger partial charge in [-0.1, -0.05) is 0 Å². The molecule has 0 heterocycles. The van der Waals surface area contributed by atoms with Crippen LogP contribution in [0.3, 0.4) is 0 Å². The van der Waals surface area contributed by atoms with Crippen LogP contribution in [0.5, 0.6) is 0 Å². The zero-order valence-corrected chi connectivity index (χ0v) is 9.44. The van der Waals surface area contributed by atoms with Crippen LogP contribution in [-0.4, -0.2) is 14.9 Å². The first-order chi connectivity index (χ1) is 3.13. The molecule has 0 fully saturated rings. The molecule has 3 nitrogen and oxygen atoms in total. The van der Waals surface area contributed by atoms with Gasteiger partial charge < -0.3 is 12.0 Å². The molecule has 0 aliphatic carbocycles. The van der Waals surface area contributed by atoms with Crippen LogP contribution in [-0.2, 0) is 48.3 Å². The summed E-state index contributed by atoms with van der Waals surface area (Å²) in [6.45, 7) is 3.30. The molecule has 0 aromatic carbocycles. The Morgan fingerprint density at radius 2 is 1.89 bits per heavy atom. The fourth-order valence-corrected chi connectivity index (χ4v) is 0.471. The average Bonchev–Trinajstić information content (AvgIpc) is 1.27. The Kier molecular flexibility index (Phi) is 17.0. The molecule has 0 aliphatic rings. The molecule has 0 aliphatic heterocycles. The molecule has 0 spiro atoms. The van der Waals surface area contributed by atoms with Crippen molar-refractivity contribution in [1.29, 1.82) is 0 Å². The summed E-state index contributed by atoms with van der Waals surface area (Å²) in [4.78, 5) is 0. The summed E-state index contributed by atoms with van der Waals surface area (Å²) < 4.78 is 23.3. The molecule has 0 saturated heterocycles. The summed E-state index contributed by atoms with van der Waals surface area (Å²) in [6, 6.07) is 0. The van der Waals surface area contributed by atoms with Crippen molar-refractivity contribution in [3.05, 3.63) is 7.43 Å². The van der Waals surface area contributed by atoms with Crippen LogP contribution in [0.15, 0.2) is 0 Å². The Morgan fingerprint density at radius 3 is 1.89 bits per heavy atom. The molecule has 0 bridgehead atoms. The molecule has 0 rings (SSSR count). The van der Waals surface area contributed by atoms with Gasteiger partial charge in [-0.05, 0) is 13.8 Å². The fourth-order valence-electron chi connectivity index (χ4n) is 0.157. The largest absolute Gasteiger partial charge is 0.750 e. The van der Waals surface area contributed by atoms with Crippen molar-refractivity contribution in [3.8, 4) is 0 Å². The number of hydrogen-bond donors (Lipinski definition) is 0. The number of hydrogen-bond acceptors (Lipinski definition) is 3. The maximum absolute atomic E-state index is 9.59. The molecular formula is C4H10O3SY-2. The first kappa shape index (κ1) is 16.6. The normalized spacial score (nSPS) is 11.6. The standard InChI is InChI=1S/C3H8O3S.CH3.Y/c1-3(2)6-7(4)5;;/h3H,1-2H3,(H,4,5);1H3;/q;-1;/p-1. The Morgan fingerprint density at radius 1 is 1.56 bits per heavy atom. The first-order valence-corrected chi connectivity index (χ1v) is 2.89. The molecule has 5 heteroatoms. The summed E-state index contributed by atoms with van der Waals surface area (Å²) in [7, 11) is 0. The van der Waals surface area contributed by atoms with Gasteiger partial charge in [0.25, 0.3) is 0 Å². The summed E-state index contributed by atoms with van der Waals surface area (Å²) in [5, 5.41) is 0. The van der Waals surface area contributed by atoms with Gasteiger partial charge in [0.05, 0.1) is 17.5 Å². The Hall–Kier alpha value is 1.17. The zero-order chi connectivity index (χ0) is 5.86. The van der Waals surface area contributed by atoms with Crippen LogP contribution in [0.2, 0.25) is 0 Å². The average molecular weight is 227 g/mol. The van der Waals surface area contributed by atoms with Gasteiger partial charge in [-0.25, -0.2) is 4.21 Å². The molecule has 0 aromatic heterocycles. The molecule has 0 saturated carbocycles. The summed E-state index contributed by atoms with van der Waals surface area (Å²) in [5.74, 6) is 0. The Labute approximate surface area is 83.9 Å². The fraction of sp³-hybridized carbons (Fsp3) is 0.750. The van der Waals surface area contributed by atoms with Gasteiger partial charge in [-0.3, -0.25) is 4.18 Å². The van der Waals surface area contributed by atoms with Gasteiger partial charge in [-0.2, -0.15) is 0 Å². The van der Waals surface area contributed by atoms with Crippen molar-refractivity contribution in [2.24, 2.45) is 0 Å². The number of rotatable bonds is 2. The van der Waals surface area contributed by atoms with Crippen LogP contribution >= 0.6 is 0 Å². The second-order valence-corrected chi connectivity index (χ2v) is 1.95. The third kappa shape index (κ3) is 17.6. The molecule has 0 amide bonds. The topological polar surface area (TPSA) is 49.4 Å². The minimum Gasteiger partial charge on any atom is -0.750 e. The predicted molar refractivity (Wildman–Crippen MR) is 31.6 cm³/mol. The van der Waals surface area contributed by atoms with E-state index in [0.717, 1.165) is 0 Å². The third-order valence-electron chi connectivity index (χ3n) is 0.271. The van der Waals surface area contributed by atoms with Crippen molar-refractivity contribution >= 4 is 11.4 Å². The van der Waals surface area contributed by atoms with E-state index in [2.05, 4.69) is 4.18 Å². The van der Waals surface area contributed by atoms with Crippen LogP contribution in [0, 0.1) is 7.43 Å². The van der Waals surface area contributed by atoms with Crippen LogP contribution < -0.4 is 0 Å². The van der Waals surface area contributed by atoms with Gasteiger partial charge in [-0.15, -0.1) is 0 Å². The van der Waals surface area contributed by atoms with Crippen LogP contribution in [0.1, 0.15) is 13.8 Å². The first-order valence-electron chi connectivity index (χ1n) is 1.89. The van der Waals surface area contributed by atoms with E-state index in [4.69, 9.17) is 0 Å². The molecular weight excluding hydrogens is 217 g/mol. The summed E-state index contributed by atoms with van der Waals surface area (Å²) in [6.07, 6.45) is -0.238. The molecule has 1 unspecified atom stereocenters. The minimum atomic E-state index is -2.35. The smallest absolute Gasteiger partial charge is 0.0844 e. The van der Waals surface area contributed by atoms with Crippen molar-refractivity contribution in [1.82, 2.24) is 0 Å². The van der Waals surface area contributed by atoms with Crippen LogP contribution in [0.25, 0.3) is 0 Å². The van der Waals surface area contributed by atoms with Gasteiger partial charge >= 0.3 is 0 Å². The molecule has 1 radical (unpaired) electrons. The Bertz CT molecular complexity index is 76.2. The van der Waals surface area contributed by atoms with Crippen molar-refractivity contribution < 1.29 is 45.7 Å². The van der Waals surface area contributed by atoms with E-state index < -0.39 is 11.4 Å². The van der Waals surface area contributed by atoms with E-state index in [1.165, 1.54) is 0 Å². The van der Waals surface area contributed by atoms with Crippen molar-refractivity contribution in [2.75, 3.05) is 0 Å². The molecule has 0 N–H and O–H groups in total. The zero-order valence-electron chi connectivity index (χ0n) is 5.79. The van der Waals surface area contributed by atoms with Crippen LogP contribution in [0.4, 0.5) is 0 Å². The summed E-state index contributed by atoms with van der Waals surface area (Å²) >= 11 is -2.35. The molecule has 0 aromatic rings. The van der Waals surface area contributed by atoms with Crippen molar-refractivity contribution in [2.45, 2.75) is 20.0 Å².